The average Bonchev–Trinajstić information content (AvgIpc) is 2.94. The van der Waals surface area contributed by atoms with Crippen molar-refractivity contribution in [2.75, 3.05) is 12.4 Å². The monoisotopic (exact) mass is 289 g/mol. The van der Waals surface area contributed by atoms with Gasteiger partial charge in [-0.15, -0.1) is 0 Å². The molecule has 2 rings (SSSR count). The van der Waals surface area contributed by atoms with Crippen LogP contribution in [-0.4, -0.2) is 23.0 Å². The Morgan fingerprint density at radius 3 is 2.81 bits per heavy atom. The summed E-state index contributed by atoms with van der Waals surface area (Å²) in [6.45, 7) is 2.10. The number of ether oxygens (including phenoxy) is 1. The molecule has 0 aliphatic carbocycles. The number of methoxy groups -OCH3 is 1. The van der Waals surface area contributed by atoms with Gasteiger partial charge in [0, 0.05) is 23.0 Å². The SMILES string of the molecule is COC(=O)c1ccc(CNc2ccc(C)c([N+](=O)[O-])c2)[nH]1. The van der Waals surface area contributed by atoms with Gasteiger partial charge in [0.25, 0.3) is 5.69 Å². The van der Waals surface area contributed by atoms with Gasteiger partial charge in [-0.3, -0.25) is 10.1 Å². The van der Waals surface area contributed by atoms with Gasteiger partial charge in [0.15, 0.2) is 0 Å². The van der Waals surface area contributed by atoms with E-state index in [9.17, 15) is 14.9 Å². The number of rotatable bonds is 5. The van der Waals surface area contributed by atoms with Crippen LogP contribution in [0.2, 0.25) is 0 Å². The Labute approximate surface area is 121 Å². The van der Waals surface area contributed by atoms with Gasteiger partial charge < -0.3 is 15.0 Å². The van der Waals surface area contributed by atoms with E-state index in [2.05, 4.69) is 15.0 Å². The zero-order valence-electron chi connectivity index (χ0n) is 11.7. The van der Waals surface area contributed by atoms with Crippen LogP contribution in [0.15, 0.2) is 30.3 Å². The van der Waals surface area contributed by atoms with Crippen molar-refractivity contribution in [2.45, 2.75) is 13.5 Å². The first-order valence-electron chi connectivity index (χ1n) is 6.26. The zero-order chi connectivity index (χ0) is 15.4. The van der Waals surface area contributed by atoms with Crippen molar-refractivity contribution in [1.29, 1.82) is 0 Å². The summed E-state index contributed by atoms with van der Waals surface area (Å²) in [5, 5.41) is 13.9. The molecule has 110 valence electrons. The number of nitrogens with zero attached hydrogens (tertiary/aromatic N) is 1. The predicted molar refractivity (Wildman–Crippen MR) is 77.3 cm³/mol. The van der Waals surface area contributed by atoms with Gasteiger partial charge in [-0.25, -0.2) is 4.79 Å². The second-order valence-corrected chi connectivity index (χ2v) is 4.50. The van der Waals surface area contributed by atoms with Gasteiger partial charge in [0.1, 0.15) is 5.69 Å². The molecule has 1 aromatic carbocycles. The summed E-state index contributed by atoms with van der Waals surface area (Å²) in [4.78, 5) is 24.7. The molecule has 0 unspecified atom stereocenters. The van der Waals surface area contributed by atoms with Crippen molar-refractivity contribution in [2.24, 2.45) is 0 Å². The number of H-pyrrole nitrogens is 1. The molecule has 0 fully saturated rings. The van der Waals surface area contributed by atoms with Crippen molar-refractivity contribution in [1.82, 2.24) is 4.98 Å². The summed E-state index contributed by atoms with van der Waals surface area (Å²) in [6.07, 6.45) is 0. The molecule has 1 heterocycles. The molecule has 7 nitrogen and oxygen atoms in total. The Morgan fingerprint density at radius 1 is 1.38 bits per heavy atom. The fourth-order valence-electron chi connectivity index (χ4n) is 1.89. The molecule has 0 amide bonds. The van der Waals surface area contributed by atoms with Gasteiger partial charge >= 0.3 is 5.97 Å². The number of carbonyl (C=O) groups is 1. The summed E-state index contributed by atoms with van der Waals surface area (Å²) < 4.78 is 4.60. The summed E-state index contributed by atoms with van der Waals surface area (Å²) in [5.74, 6) is -0.438. The highest BCUT2D eigenvalue weighted by Crippen LogP contribution is 2.22. The number of aromatic nitrogens is 1. The second kappa shape index (κ2) is 6.08. The van der Waals surface area contributed by atoms with E-state index in [1.165, 1.54) is 13.2 Å². The number of carbonyl (C=O) groups excluding carboxylic acids is 1. The number of nitrogens with one attached hydrogen (secondary N) is 2. The summed E-state index contributed by atoms with van der Waals surface area (Å²) in [7, 11) is 1.31. The van der Waals surface area contributed by atoms with Crippen LogP contribution in [-0.2, 0) is 11.3 Å². The van der Waals surface area contributed by atoms with E-state index in [1.807, 2.05) is 0 Å². The zero-order valence-corrected chi connectivity index (χ0v) is 11.7. The minimum atomic E-state index is -0.438. The molecule has 0 atom stereocenters. The lowest BCUT2D eigenvalue weighted by Crippen LogP contribution is -2.04. The molecular weight excluding hydrogens is 274 g/mol. The summed E-state index contributed by atoms with van der Waals surface area (Å²) >= 11 is 0. The maximum atomic E-state index is 11.3. The molecule has 0 aliphatic heterocycles. The highest BCUT2D eigenvalue weighted by atomic mass is 16.6. The highest BCUT2D eigenvalue weighted by molar-refractivity contribution is 5.87. The van der Waals surface area contributed by atoms with Crippen LogP contribution in [0.5, 0.6) is 0 Å². The maximum absolute atomic E-state index is 11.3. The summed E-state index contributed by atoms with van der Waals surface area (Å²) in [5.41, 5.74) is 2.46. The maximum Gasteiger partial charge on any atom is 0.354 e. The van der Waals surface area contributed by atoms with Gasteiger partial charge in [-0.1, -0.05) is 6.07 Å². The van der Waals surface area contributed by atoms with Gasteiger partial charge in [-0.05, 0) is 25.1 Å². The fraction of sp³-hybridized carbons (Fsp3) is 0.214. The molecule has 7 heteroatoms. The number of aromatic amines is 1. The van der Waals surface area contributed by atoms with Crippen LogP contribution in [0.3, 0.4) is 0 Å². The van der Waals surface area contributed by atoms with E-state index < -0.39 is 10.9 Å². The Hall–Kier alpha value is -2.83. The quantitative estimate of drug-likeness (QED) is 0.501. The number of benzene rings is 1. The molecule has 0 saturated carbocycles. The molecule has 2 N–H and O–H groups in total. The number of nitro groups is 1. The number of hydrogen-bond donors (Lipinski definition) is 2. The molecular formula is C14H15N3O4. The van der Waals surface area contributed by atoms with Gasteiger partial charge in [-0.2, -0.15) is 0 Å². The number of aryl methyl sites for hydroxylation is 1. The molecule has 21 heavy (non-hydrogen) atoms. The number of anilines is 1. The normalized spacial score (nSPS) is 10.2. The van der Waals surface area contributed by atoms with Crippen molar-refractivity contribution >= 4 is 17.3 Å². The minimum absolute atomic E-state index is 0.0711. The second-order valence-electron chi connectivity index (χ2n) is 4.50. The molecule has 0 spiro atoms. The van der Waals surface area contributed by atoms with Gasteiger partial charge in [0.2, 0.25) is 0 Å². The lowest BCUT2D eigenvalue weighted by atomic mass is 10.2. The van der Waals surface area contributed by atoms with Crippen LogP contribution in [0.1, 0.15) is 21.7 Å². The first-order chi connectivity index (χ1) is 10.0. The third-order valence-corrected chi connectivity index (χ3v) is 3.04. The lowest BCUT2D eigenvalue weighted by molar-refractivity contribution is -0.385. The Balaban J connectivity index is 2.06. The lowest BCUT2D eigenvalue weighted by Gasteiger charge is -2.06. The summed E-state index contributed by atoms with van der Waals surface area (Å²) in [6, 6.07) is 8.32. The highest BCUT2D eigenvalue weighted by Gasteiger charge is 2.11. The van der Waals surface area contributed by atoms with Crippen LogP contribution in [0.4, 0.5) is 11.4 Å². The van der Waals surface area contributed by atoms with Crippen molar-refractivity contribution in [3.63, 3.8) is 0 Å². The number of hydrogen-bond acceptors (Lipinski definition) is 5. The average molecular weight is 289 g/mol. The van der Waals surface area contributed by atoms with Crippen molar-refractivity contribution in [3.8, 4) is 0 Å². The topological polar surface area (TPSA) is 97.3 Å². The largest absolute Gasteiger partial charge is 0.464 e. The van der Waals surface area contributed by atoms with E-state index in [1.54, 1.807) is 31.2 Å². The van der Waals surface area contributed by atoms with Crippen LogP contribution >= 0.6 is 0 Å². The molecule has 2 aromatic rings. The first-order valence-corrected chi connectivity index (χ1v) is 6.26. The van der Waals surface area contributed by atoms with E-state index in [-0.39, 0.29) is 5.69 Å². The molecule has 0 radical (unpaired) electrons. The third kappa shape index (κ3) is 3.38. The predicted octanol–water partition coefficient (Wildman–Crippen LogP) is 2.63. The smallest absolute Gasteiger partial charge is 0.354 e. The van der Waals surface area contributed by atoms with Crippen LogP contribution < -0.4 is 5.32 Å². The van der Waals surface area contributed by atoms with Crippen LogP contribution in [0, 0.1) is 17.0 Å². The van der Waals surface area contributed by atoms with Crippen LogP contribution in [0.25, 0.3) is 0 Å². The standard InChI is InChI=1S/C14H15N3O4/c1-9-3-4-10(7-13(9)17(19)20)15-8-11-5-6-12(16-11)14(18)21-2/h3-7,15-16H,8H2,1-2H3. The molecule has 1 aromatic heterocycles. The van der Waals surface area contributed by atoms with Gasteiger partial charge in [0.05, 0.1) is 18.6 Å². The van der Waals surface area contributed by atoms with E-state index in [0.29, 0.717) is 23.5 Å². The van der Waals surface area contributed by atoms with E-state index in [0.717, 1.165) is 5.69 Å². The molecule has 0 saturated heterocycles. The van der Waals surface area contributed by atoms with E-state index >= 15 is 0 Å². The number of nitro benzene ring substituents is 1. The Bertz CT molecular complexity index is 679. The Morgan fingerprint density at radius 2 is 2.14 bits per heavy atom. The third-order valence-electron chi connectivity index (χ3n) is 3.04. The first kappa shape index (κ1) is 14.6. The van der Waals surface area contributed by atoms with E-state index in [4.69, 9.17) is 0 Å². The fourth-order valence-corrected chi connectivity index (χ4v) is 1.89. The molecule has 0 aliphatic rings. The Kier molecular flexibility index (Phi) is 4.22. The number of esters is 1. The van der Waals surface area contributed by atoms with Crippen molar-refractivity contribution < 1.29 is 14.5 Å². The van der Waals surface area contributed by atoms with Crippen molar-refractivity contribution in [3.05, 3.63) is 57.4 Å². The minimum Gasteiger partial charge on any atom is -0.464 e. The molecule has 0 bridgehead atoms.